The van der Waals surface area contributed by atoms with E-state index in [0.717, 1.165) is 62.0 Å². The van der Waals surface area contributed by atoms with Crippen LogP contribution in [0.25, 0.3) is 10.8 Å². The van der Waals surface area contributed by atoms with E-state index in [1.165, 1.54) is 30.6 Å². The van der Waals surface area contributed by atoms with Crippen LogP contribution in [0.5, 0.6) is 0 Å². The molecule has 0 saturated carbocycles. The molecular formula is C26H39N5O2. The Hall–Kier alpha value is -2.48. The van der Waals surface area contributed by atoms with Crippen molar-refractivity contribution in [3.63, 3.8) is 0 Å². The SMILES string of the molecule is CCCCN1C(=O)c2cccc3c(NCCNCCCCCCNCCN)ccc(c23)C1=O. The molecule has 0 unspecified atom stereocenters. The van der Waals surface area contributed by atoms with Gasteiger partial charge in [0.05, 0.1) is 0 Å². The predicted octanol–water partition coefficient (Wildman–Crippen LogP) is 3.35. The van der Waals surface area contributed by atoms with Gasteiger partial charge in [-0.05, 0) is 50.6 Å². The van der Waals surface area contributed by atoms with Gasteiger partial charge in [0, 0.05) is 60.3 Å². The number of carbonyl (C=O) groups excluding carboxylic acids is 2. The maximum Gasteiger partial charge on any atom is 0.261 e. The van der Waals surface area contributed by atoms with Crippen molar-refractivity contribution in [3.05, 3.63) is 41.5 Å². The zero-order chi connectivity index (χ0) is 23.5. The summed E-state index contributed by atoms with van der Waals surface area (Å²) < 4.78 is 0. The fraction of sp³-hybridized carbons (Fsp3) is 0.538. The molecule has 1 heterocycles. The average Bonchev–Trinajstić information content (AvgIpc) is 2.83. The second-order valence-corrected chi connectivity index (χ2v) is 8.63. The maximum absolute atomic E-state index is 13.0. The summed E-state index contributed by atoms with van der Waals surface area (Å²) in [6.45, 7) is 7.85. The molecule has 0 spiro atoms. The van der Waals surface area contributed by atoms with Crippen LogP contribution in [0.15, 0.2) is 30.3 Å². The van der Waals surface area contributed by atoms with Gasteiger partial charge in [-0.15, -0.1) is 0 Å². The van der Waals surface area contributed by atoms with Gasteiger partial charge in [-0.25, -0.2) is 0 Å². The maximum atomic E-state index is 13.0. The summed E-state index contributed by atoms with van der Waals surface area (Å²) in [5.74, 6) is -0.360. The number of anilines is 1. The van der Waals surface area contributed by atoms with Gasteiger partial charge >= 0.3 is 0 Å². The summed E-state index contributed by atoms with van der Waals surface area (Å²) in [6, 6.07) is 9.55. The molecule has 0 fully saturated rings. The van der Waals surface area contributed by atoms with Gasteiger partial charge in [0.1, 0.15) is 0 Å². The van der Waals surface area contributed by atoms with Gasteiger partial charge in [0.15, 0.2) is 0 Å². The highest BCUT2D eigenvalue weighted by atomic mass is 16.2. The summed E-state index contributed by atoms with van der Waals surface area (Å²) in [7, 11) is 0. The average molecular weight is 454 g/mol. The molecule has 5 N–H and O–H groups in total. The van der Waals surface area contributed by atoms with Gasteiger partial charge in [-0.3, -0.25) is 14.5 Å². The number of amides is 2. The standard InChI is InChI=1S/C26H39N5O2/c1-2-3-19-31-25(32)21-10-8-9-20-23(12-11-22(24(20)21)26(31)33)30-18-17-29-15-7-5-4-6-14-28-16-13-27/h8-12,28-30H,2-7,13-19,27H2,1H3. The summed E-state index contributed by atoms with van der Waals surface area (Å²) in [5.41, 5.74) is 7.67. The second-order valence-electron chi connectivity index (χ2n) is 8.63. The van der Waals surface area contributed by atoms with Gasteiger partial charge < -0.3 is 21.7 Å². The third-order valence-corrected chi connectivity index (χ3v) is 6.12. The molecule has 7 nitrogen and oxygen atoms in total. The van der Waals surface area contributed by atoms with Crippen molar-refractivity contribution < 1.29 is 9.59 Å². The van der Waals surface area contributed by atoms with Crippen LogP contribution in [0.1, 0.15) is 66.2 Å². The van der Waals surface area contributed by atoms with E-state index in [2.05, 4.69) is 22.9 Å². The first-order valence-corrected chi connectivity index (χ1v) is 12.5. The topological polar surface area (TPSA) is 99.5 Å². The lowest BCUT2D eigenvalue weighted by atomic mass is 9.93. The molecule has 3 rings (SSSR count). The Labute approximate surface area is 197 Å². The molecule has 0 aliphatic carbocycles. The highest BCUT2D eigenvalue weighted by Gasteiger charge is 2.32. The number of hydrogen-bond donors (Lipinski definition) is 4. The van der Waals surface area contributed by atoms with E-state index in [0.29, 0.717) is 24.2 Å². The molecule has 0 aromatic heterocycles. The Balaban J connectivity index is 1.48. The van der Waals surface area contributed by atoms with E-state index in [-0.39, 0.29) is 11.8 Å². The van der Waals surface area contributed by atoms with E-state index < -0.39 is 0 Å². The van der Waals surface area contributed by atoms with E-state index in [1.807, 2.05) is 30.3 Å². The van der Waals surface area contributed by atoms with Crippen molar-refractivity contribution in [1.29, 1.82) is 0 Å². The first kappa shape index (κ1) is 25.1. The molecule has 2 amide bonds. The molecule has 33 heavy (non-hydrogen) atoms. The van der Waals surface area contributed by atoms with E-state index >= 15 is 0 Å². The molecule has 0 saturated heterocycles. The van der Waals surface area contributed by atoms with E-state index in [1.54, 1.807) is 0 Å². The summed E-state index contributed by atoms with van der Waals surface area (Å²) in [4.78, 5) is 27.3. The lowest BCUT2D eigenvalue weighted by Gasteiger charge is -2.27. The van der Waals surface area contributed by atoms with Crippen molar-refractivity contribution in [2.75, 3.05) is 51.1 Å². The van der Waals surface area contributed by atoms with Crippen LogP contribution < -0.4 is 21.7 Å². The first-order chi connectivity index (χ1) is 16.2. The lowest BCUT2D eigenvalue weighted by Crippen LogP contribution is -2.40. The largest absolute Gasteiger partial charge is 0.383 e. The fourth-order valence-corrected chi connectivity index (χ4v) is 4.31. The molecule has 180 valence electrons. The number of nitrogens with one attached hydrogen (secondary N) is 3. The smallest absolute Gasteiger partial charge is 0.261 e. The van der Waals surface area contributed by atoms with Crippen molar-refractivity contribution in [1.82, 2.24) is 15.5 Å². The number of imide groups is 1. The van der Waals surface area contributed by atoms with E-state index in [9.17, 15) is 9.59 Å². The van der Waals surface area contributed by atoms with Gasteiger partial charge in [-0.2, -0.15) is 0 Å². The van der Waals surface area contributed by atoms with Crippen LogP contribution in [0.4, 0.5) is 5.69 Å². The molecule has 2 aromatic rings. The molecule has 1 aliphatic heterocycles. The molecule has 0 radical (unpaired) electrons. The Kier molecular flexibility index (Phi) is 10.1. The monoisotopic (exact) mass is 453 g/mol. The van der Waals surface area contributed by atoms with Crippen LogP contribution in [-0.2, 0) is 0 Å². The Morgan fingerprint density at radius 2 is 1.48 bits per heavy atom. The van der Waals surface area contributed by atoms with Crippen molar-refractivity contribution in [3.8, 4) is 0 Å². The van der Waals surface area contributed by atoms with Crippen LogP contribution in [-0.4, -0.2) is 62.5 Å². The number of rotatable bonds is 16. The lowest BCUT2D eigenvalue weighted by molar-refractivity contribution is 0.0608. The fourth-order valence-electron chi connectivity index (χ4n) is 4.31. The van der Waals surface area contributed by atoms with Gasteiger partial charge in [0.25, 0.3) is 11.8 Å². The first-order valence-electron chi connectivity index (χ1n) is 12.5. The van der Waals surface area contributed by atoms with Crippen molar-refractivity contribution in [2.24, 2.45) is 5.73 Å². The van der Waals surface area contributed by atoms with Gasteiger partial charge in [-0.1, -0.05) is 38.3 Å². The van der Waals surface area contributed by atoms with Crippen molar-refractivity contribution >= 4 is 28.3 Å². The minimum Gasteiger partial charge on any atom is -0.383 e. The Morgan fingerprint density at radius 1 is 0.788 bits per heavy atom. The van der Waals surface area contributed by atoms with Gasteiger partial charge in [0.2, 0.25) is 0 Å². The molecule has 2 aromatic carbocycles. The Bertz CT molecular complexity index is 908. The van der Waals surface area contributed by atoms with Crippen molar-refractivity contribution in [2.45, 2.75) is 45.4 Å². The minimum atomic E-state index is -0.180. The zero-order valence-corrected chi connectivity index (χ0v) is 19.9. The predicted molar refractivity (Wildman–Crippen MR) is 136 cm³/mol. The third-order valence-electron chi connectivity index (χ3n) is 6.12. The summed E-state index contributed by atoms with van der Waals surface area (Å²) in [5, 5.41) is 12.0. The number of nitrogens with zero attached hydrogens (tertiary/aromatic N) is 1. The van der Waals surface area contributed by atoms with Crippen LogP contribution in [0, 0.1) is 0 Å². The Morgan fingerprint density at radius 3 is 2.18 bits per heavy atom. The number of unbranched alkanes of at least 4 members (excludes halogenated alkanes) is 4. The number of nitrogens with two attached hydrogens (primary N) is 1. The molecule has 0 bridgehead atoms. The number of benzene rings is 2. The number of hydrogen-bond acceptors (Lipinski definition) is 6. The summed E-state index contributed by atoms with van der Waals surface area (Å²) >= 11 is 0. The van der Waals surface area contributed by atoms with Crippen LogP contribution in [0.2, 0.25) is 0 Å². The molecule has 0 atom stereocenters. The summed E-state index contributed by atoms with van der Waals surface area (Å²) in [6.07, 6.45) is 6.62. The second kappa shape index (κ2) is 13.3. The quantitative estimate of drug-likeness (QED) is 0.230. The number of carbonyl (C=O) groups is 2. The molecule has 7 heteroatoms. The highest BCUT2D eigenvalue weighted by Crippen LogP contribution is 2.34. The highest BCUT2D eigenvalue weighted by molar-refractivity contribution is 6.26. The molecule has 1 aliphatic rings. The van der Waals surface area contributed by atoms with Crippen LogP contribution in [0.3, 0.4) is 0 Å². The minimum absolute atomic E-state index is 0.180. The third kappa shape index (κ3) is 6.53. The zero-order valence-electron chi connectivity index (χ0n) is 19.9. The van der Waals surface area contributed by atoms with Crippen LogP contribution >= 0.6 is 0 Å². The van der Waals surface area contributed by atoms with E-state index in [4.69, 9.17) is 5.73 Å². The normalized spacial score (nSPS) is 13.2. The molecular weight excluding hydrogens is 414 g/mol.